The lowest BCUT2D eigenvalue weighted by Crippen LogP contribution is -1.83. The molecule has 2 aromatic rings. The number of rotatable bonds is 3. The highest BCUT2D eigenvalue weighted by Crippen LogP contribution is 2.17. The van der Waals surface area contributed by atoms with Gasteiger partial charge in [-0.25, -0.2) is 0 Å². The zero-order valence-corrected chi connectivity index (χ0v) is 8.66. The van der Waals surface area contributed by atoms with Crippen molar-refractivity contribution in [3.05, 3.63) is 46.1 Å². The van der Waals surface area contributed by atoms with Crippen molar-refractivity contribution in [1.82, 2.24) is 10.1 Å². The van der Waals surface area contributed by atoms with Gasteiger partial charge in [-0.15, -0.1) is 0 Å². The van der Waals surface area contributed by atoms with Gasteiger partial charge in [-0.3, -0.25) is 0 Å². The highest BCUT2D eigenvalue weighted by atomic mass is 16.5. The molecule has 80 valence electrons. The molecule has 1 aromatic carbocycles. The van der Waals surface area contributed by atoms with Crippen molar-refractivity contribution in [2.45, 2.75) is 13.5 Å². The summed E-state index contributed by atoms with van der Waals surface area (Å²) in [5.74, 6) is 0.816. The molecular formula is C10H9N5O. The van der Waals surface area contributed by atoms with Crippen LogP contribution in [0.5, 0.6) is 0 Å². The lowest BCUT2D eigenvalue weighted by molar-refractivity contribution is 0.423. The fourth-order valence-corrected chi connectivity index (χ4v) is 1.23. The van der Waals surface area contributed by atoms with Crippen molar-refractivity contribution in [3.63, 3.8) is 0 Å². The van der Waals surface area contributed by atoms with E-state index in [0.717, 1.165) is 11.1 Å². The molecule has 0 saturated carbocycles. The van der Waals surface area contributed by atoms with Crippen LogP contribution in [0.3, 0.4) is 0 Å². The zero-order chi connectivity index (χ0) is 11.4. The fourth-order valence-electron chi connectivity index (χ4n) is 1.23. The van der Waals surface area contributed by atoms with Crippen molar-refractivity contribution >= 4 is 0 Å². The topological polar surface area (TPSA) is 87.7 Å². The van der Waals surface area contributed by atoms with Crippen molar-refractivity contribution in [3.8, 4) is 11.5 Å². The van der Waals surface area contributed by atoms with Crippen LogP contribution in [0, 0.1) is 6.92 Å². The molecule has 0 N–H and O–H groups in total. The van der Waals surface area contributed by atoms with Crippen molar-refractivity contribution in [2.24, 2.45) is 5.11 Å². The maximum Gasteiger partial charge on any atom is 0.257 e. The molecule has 6 nitrogen and oxygen atoms in total. The average Bonchev–Trinajstić information content (AvgIpc) is 2.76. The van der Waals surface area contributed by atoms with Crippen molar-refractivity contribution in [1.29, 1.82) is 0 Å². The van der Waals surface area contributed by atoms with E-state index in [1.807, 2.05) is 31.2 Å². The van der Waals surface area contributed by atoms with Gasteiger partial charge >= 0.3 is 0 Å². The van der Waals surface area contributed by atoms with Crippen molar-refractivity contribution in [2.75, 3.05) is 0 Å². The van der Waals surface area contributed by atoms with Gasteiger partial charge in [-0.1, -0.05) is 28.0 Å². The Morgan fingerprint density at radius 3 is 2.81 bits per heavy atom. The first-order chi connectivity index (χ1) is 7.79. The number of aromatic nitrogens is 2. The monoisotopic (exact) mass is 215 g/mol. The summed E-state index contributed by atoms with van der Waals surface area (Å²) >= 11 is 0. The second-order valence-corrected chi connectivity index (χ2v) is 3.27. The second kappa shape index (κ2) is 4.46. The average molecular weight is 215 g/mol. The molecule has 0 amide bonds. The summed E-state index contributed by atoms with van der Waals surface area (Å²) < 4.78 is 5.04. The van der Waals surface area contributed by atoms with Gasteiger partial charge in [0.15, 0.2) is 5.82 Å². The number of hydrogen-bond acceptors (Lipinski definition) is 4. The van der Waals surface area contributed by atoms with Gasteiger partial charge < -0.3 is 4.52 Å². The van der Waals surface area contributed by atoms with Gasteiger partial charge in [-0.2, -0.15) is 4.98 Å². The minimum atomic E-state index is 0.103. The first kappa shape index (κ1) is 10.2. The molecule has 0 atom stereocenters. The molecule has 0 radical (unpaired) electrons. The van der Waals surface area contributed by atoms with E-state index in [9.17, 15) is 0 Å². The number of hydrogen-bond donors (Lipinski definition) is 0. The van der Waals surface area contributed by atoms with Gasteiger partial charge in [-0.05, 0) is 24.6 Å². The standard InChI is InChI=1S/C10H9N5O/c1-7-2-4-8(5-3-7)10-13-9(14-16-10)6-12-15-11/h2-5H,6H2,1H3. The van der Waals surface area contributed by atoms with Gasteiger partial charge in [0.1, 0.15) is 0 Å². The van der Waals surface area contributed by atoms with Crippen LogP contribution < -0.4 is 0 Å². The normalized spacial score (nSPS) is 9.81. The summed E-state index contributed by atoms with van der Waals surface area (Å²) in [5, 5.41) is 7.06. The minimum Gasteiger partial charge on any atom is -0.334 e. The molecule has 2 rings (SSSR count). The Hall–Kier alpha value is -2.33. The van der Waals surface area contributed by atoms with Crippen LogP contribution in [0.1, 0.15) is 11.4 Å². The Morgan fingerprint density at radius 1 is 1.38 bits per heavy atom. The molecule has 0 saturated heterocycles. The summed E-state index contributed by atoms with van der Waals surface area (Å²) in [7, 11) is 0. The zero-order valence-electron chi connectivity index (χ0n) is 8.66. The first-order valence-corrected chi connectivity index (χ1v) is 4.70. The van der Waals surface area contributed by atoms with Crippen LogP contribution in [0.4, 0.5) is 0 Å². The van der Waals surface area contributed by atoms with E-state index in [1.54, 1.807) is 0 Å². The third-order valence-electron chi connectivity index (χ3n) is 2.04. The van der Waals surface area contributed by atoms with E-state index in [-0.39, 0.29) is 6.54 Å². The molecular weight excluding hydrogens is 206 g/mol. The fraction of sp³-hybridized carbons (Fsp3) is 0.200. The van der Waals surface area contributed by atoms with E-state index in [1.165, 1.54) is 0 Å². The van der Waals surface area contributed by atoms with Crippen molar-refractivity contribution < 1.29 is 4.52 Å². The maximum absolute atomic E-state index is 8.15. The predicted molar refractivity (Wildman–Crippen MR) is 57.3 cm³/mol. The van der Waals surface area contributed by atoms with Gasteiger partial charge in [0.25, 0.3) is 5.89 Å². The number of azide groups is 1. The largest absolute Gasteiger partial charge is 0.334 e. The molecule has 0 bridgehead atoms. The summed E-state index contributed by atoms with van der Waals surface area (Å²) in [4.78, 5) is 6.73. The maximum atomic E-state index is 8.15. The quantitative estimate of drug-likeness (QED) is 0.448. The number of benzene rings is 1. The Balaban J connectivity index is 2.24. The molecule has 0 aliphatic carbocycles. The van der Waals surface area contributed by atoms with E-state index in [2.05, 4.69) is 20.2 Å². The summed E-state index contributed by atoms with van der Waals surface area (Å²) in [5.41, 5.74) is 10.2. The minimum absolute atomic E-state index is 0.103. The molecule has 0 aliphatic rings. The predicted octanol–water partition coefficient (Wildman–Crippen LogP) is 2.86. The SMILES string of the molecule is Cc1ccc(-c2nc(CN=[N+]=[N-])no2)cc1. The van der Waals surface area contributed by atoms with Crippen LogP contribution in [0.25, 0.3) is 21.9 Å². The van der Waals surface area contributed by atoms with Crippen LogP contribution in [-0.2, 0) is 6.54 Å². The first-order valence-electron chi connectivity index (χ1n) is 4.70. The molecule has 0 fully saturated rings. The van der Waals surface area contributed by atoms with E-state index < -0.39 is 0 Å². The Kier molecular flexibility index (Phi) is 2.84. The highest BCUT2D eigenvalue weighted by Gasteiger charge is 2.07. The summed E-state index contributed by atoms with van der Waals surface area (Å²) in [6.07, 6.45) is 0. The molecule has 16 heavy (non-hydrogen) atoms. The molecule has 1 aromatic heterocycles. The molecule has 6 heteroatoms. The van der Waals surface area contributed by atoms with Gasteiger partial charge in [0.2, 0.25) is 0 Å². The Labute approximate surface area is 91.5 Å². The molecule has 0 aliphatic heterocycles. The van der Waals surface area contributed by atoms with Gasteiger partial charge in [0.05, 0.1) is 6.54 Å². The summed E-state index contributed by atoms with van der Waals surface area (Å²) in [6.45, 7) is 2.11. The molecule has 0 spiro atoms. The Morgan fingerprint density at radius 2 is 2.12 bits per heavy atom. The van der Waals surface area contributed by atoms with E-state index >= 15 is 0 Å². The lowest BCUT2D eigenvalue weighted by atomic mass is 10.1. The van der Waals surface area contributed by atoms with Crippen LogP contribution in [0.15, 0.2) is 33.9 Å². The van der Waals surface area contributed by atoms with Gasteiger partial charge in [0, 0.05) is 10.5 Å². The smallest absolute Gasteiger partial charge is 0.257 e. The number of aryl methyl sites for hydroxylation is 1. The number of nitrogens with zero attached hydrogens (tertiary/aromatic N) is 5. The third-order valence-corrected chi connectivity index (χ3v) is 2.04. The van der Waals surface area contributed by atoms with Crippen LogP contribution >= 0.6 is 0 Å². The molecule has 1 heterocycles. The summed E-state index contributed by atoms with van der Waals surface area (Å²) in [6, 6.07) is 7.74. The van der Waals surface area contributed by atoms with E-state index in [0.29, 0.717) is 11.7 Å². The third kappa shape index (κ3) is 2.18. The lowest BCUT2D eigenvalue weighted by Gasteiger charge is -1.93. The van der Waals surface area contributed by atoms with Crippen LogP contribution in [-0.4, -0.2) is 10.1 Å². The van der Waals surface area contributed by atoms with Crippen LogP contribution in [0.2, 0.25) is 0 Å². The second-order valence-electron chi connectivity index (χ2n) is 3.27. The Bertz CT molecular complexity index is 524. The highest BCUT2D eigenvalue weighted by molar-refractivity contribution is 5.53. The molecule has 0 unspecified atom stereocenters. The van der Waals surface area contributed by atoms with E-state index in [4.69, 9.17) is 10.1 Å².